The number of carbonyl (C=O) groups is 2. The molecule has 0 aromatic carbocycles. The average molecular weight is 478 g/mol. The molecule has 31 heavy (non-hydrogen) atoms. The van der Waals surface area contributed by atoms with E-state index in [-0.39, 0.29) is 41.2 Å². The number of anilines is 1. The molecule has 4 rings (SSSR count). The number of rotatable bonds is 5. The van der Waals surface area contributed by atoms with Crippen molar-refractivity contribution in [3.8, 4) is 0 Å². The van der Waals surface area contributed by atoms with Gasteiger partial charge in [-0.1, -0.05) is 25.2 Å². The van der Waals surface area contributed by atoms with Gasteiger partial charge >= 0.3 is 17.0 Å². The summed E-state index contributed by atoms with van der Waals surface area (Å²) in [6.07, 6.45) is -4.98. The summed E-state index contributed by atoms with van der Waals surface area (Å²) >= 11 is 0.645. The van der Waals surface area contributed by atoms with Gasteiger partial charge in [0.15, 0.2) is 24.1 Å². The zero-order valence-electron chi connectivity index (χ0n) is 16.3. The molecular formula is C16H20ClN5O8S. The SMILES string of the molecule is CC(C)[C@H](N)C(=O)OC[C@H]1O[C@@H](n2c(=O)sc3c(=O)[nH]c(N)nc32)[C@@H]2OC(=O)O[C@@H]21.Cl. The van der Waals surface area contributed by atoms with Gasteiger partial charge in [-0.2, -0.15) is 4.98 Å². The van der Waals surface area contributed by atoms with Crippen LogP contribution in [0.15, 0.2) is 9.59 Å². The predicted molar refractivity (Wildman–Crippen MR) is 109 cm³/mol. The van der Waals surface area contributed by atoms with Crippen molar-refractivity contribution in [3.63, 3.8) is 0 Å². The molecular weight excluding hydrogens is 458 g/mol. The lowest BCUT2D eigenvalue weighted by molar-refractivity contribution is -0.153. The molecule has 0 unspecified atom stereocenters. The van der Waals surface area contributed by atoms with Crippen LogP contribution < -0.4 is 21.9 Å². The number of H-pyrrole nitrogens is 1. The molecule has 0 saturated carbocycles. The molecule has 5 N–H and O–H groups in total. The number of aromatic amines is 1. The molecule has 2 aliphatic heterocycles. The predicted octanol–water partition coefficient (Wildman–Crippen LogP) is -0.522. The number of nitrogens with two attached hydrogens (primary N) is 2. The maximum Gasteiger partial charge on any atom is 0.509 e. The Labute approximate surface area is 184 Å². The molecule has 15 heteroatoms. The summed E-state index contributed by atoms with van der Waals surface area (Å²) in [6.45, 7) is 3.26. The maximum absolute atomic E-state index is 12.6. The summed E-state index contributed by atoms with van der Waals surface area (Å²) < 4.78 is 22.4. The Hall–Kier alpha value is -2.68. The zero-order chi connectivity index (χ0) is 21.7. The van der Waals surface area contributed by atoms with Crippen LogP contribution in [0.4, 0.5) is 10.7 Å². The van der Waals surface area contributed by atoms with Crippen molar-refractivity contribution in [2.45, 2.75) is 44.4 Å². The van der Waals surface area contributed by atoms with Crippen LogP contribution in [0.1, 0.15) is 20.1 Å². The van der Waals surface area contributed by atoms with E-state index in [2.05, 4.69) is 9.97 Å². The Balaban J connectivity index is 0.00000272. The first kappa shape index (κ1) is 23.0. The van der Waals surface area contributed by atoms with E-state index in [1.54, 1.807) is 13.8 Å². The fourth-order valence-corrected chi connectivity index (χ4v) is 4.11. The van der Waals surface area contributed by atoms with Crippen molar-refractivity contribution in [2.75, 3.05) is 12.3 Å². The standard InChI is InChI=1S/C16H19N5O8S.ClH/c1-4(2)6(17)13(23)26-3-5-7-8(29-16(25)28-7)12(27-5)21-10-9(30-15(21)24)11(22)20-14(18)19-10;/h4-8,12H,3,17H2,1-2H3,(H3,18,19,20,22);1H/t5-,6+,7-,8-,12-;/m1./s1. The second kappa shape index (κ2) is 8.45. The molecule has 2 aromatic heterocycles. The largest absolute Gasteiger partial charge is 0.509 e. The second-order valence-corrected chi connectivity index (χ2v) is 8.18. The van der Waals surface area contributed by atoms with Crippen molar-refractivity contribution in [2.24, 2.45) is 11.7 Å². The lowest BCUT2D eigenvalue weighted by Crippen LogP contribution is -2.40. The molecule has 13 nitrogen and oxygen atoms in total. The second-order valence-electron chi connectivity index (χ2n) is 7.22. The van der Waals surface area contributed by atoms with E-state index in [0.29, 0.717) is 11.3 Å². The van der Waals surface area contributed by atoms with Crippen molar-refractivity contribution >= 4 is 52.2 Å². The third-order valence-corrected chi connectivity index (χ3v) is 5.82. The van der Waals surface area contributed by atoms with Gasteiger partial charge in [0.2, 0.25) is 5.95 Å². The fourth-order valence-electron chi connectivity index (χ4n) is 3.27. The lowest BCUT2D eigenvalue weighted by Gasteiger charge is -2.19. The van der Waals surface area contributed by atoms with Gasteiger partial charge in [0.1, 0.15) is 23.5 Å². The van der Waals surface area contributed by atoms with Gasteiger partial charge in [-0.25, -0.2) is 4.79 Å². The third kappa shape index (κ3) is 3.98. The van der Waals surface area contributed by atoms with Crippen LogP contribution in [-0.2, 0) is 23.7 Å². The molecule has 5 atom stereocenters. The number of nitrogens with one attached hydrogen (secondary N) is 1. The number of halogens is 1. The zero-order valence-corrected chi connectivity index (χ0v) is 17.9. The molecule has 2 aliphatic rings. The van der Waals surface area contributed by atoms with Crippen LogP contribution in [0.3, 0.4) is 0 Å². The third-order valence-electron chi connectivity index (χ3n) is 4.88. The van der Waals surface area contributed by atoms with Crippen molar-refractivity contribution in [1.29, 1.82) is 0 Å². The number of aromatic nitrogens is 3. The first-order valence-corrected chi connectivity index (χ1v) is 9.84. The van der Waals surface area contributed by atoms with Crippen molar-refractivity contribution in [1.82, 2.24) is 14.5 Å². The monoisotopic (exact) mass is 477 g/mol. The lowest BCUT2D eigenvalue weighted by atomic mass is 10.1. The first-order chi connectivity index (χ1) is 14.2. The number of hydrogen-bond donors (Lipinski definition) is 3. The van der Waals surface area contributed by atoms with E-state index < -0.39 is 53.1 Å². The minimum Gasteiger partial charge on any atom is -0.462 e. The summed E-state index contributed by atoms with van der Waals surface area (Å²) in [5, 5.41) is 0. The van der Waals surface area contributed by atoms with Crippen LogP contribution in [0.2, 0.25) is 0 Å². The maximum atomic E-state index is 12.6. The van der Waals surface area contributed by atoms with Crippen LogP contribution in [-0.4, -0.2) is 57.6 Å². The highest BCUT2D eigenvalue weighted by atomic mass is 35.5. The number of nitrogens with zero attached hydrogens (tertiary/aromatic N) is 2. The van der Waals surface area contributed by atoms with E-state index in [0.717, 1.165) is 4.57 Å². The smallest absolute Gasteiger partial charge is 0.462 e. The van der Waals surface area contributed by atoms with Gasteiger partial charge in [-0.3, -0.25) is 23.9 Å². The molecule has 2 aromatic rings. The average Bonchev–Trinajstić information content (AvgIpc) is 3.30. The summed E-state index contributed by atoms with van der Waals surface area (Å²) in [4.78, 5) is 54.2. The Morgan fingerprint density at radius 2 is 1.97 bits per heavy atom. The number of nitrogen functional groups attached to an aromatic ring is 1. The Morgan fingerprint density at radius 1 is 1.29 bits per heavy atom. The summed E-state index contributed by atoms with van der Waals surface area (Å²) in [7, 11) is 0. The van der Waals surface area contributed by atoms with E-state index in [1.807, 2.05) is 0 Å². The topological polar surface area (TPSA) is 191 Å². The Bertz CT molecular complexity index is 1130. The quantitative estimate of drug-likeness (QED) is 0.469. The minimum atomic E-state index is -1.15. The fraction of sp³-hybridized carbons (Fsp3) is 0.562. The van der Waals surface area contributed by atoms with Crippen LogP contribution in [0, 0.1) is 5.92 Å². The molecule has 0 aliphatic carbocycles. The van der Waals surface area contributed by atoms with Crippen LogP contribution in [0.25, 0.3) is 10.3 Å². The number of ether oxygens (including phenoxy) is 4. The van der Waals surface area contributed by atoms with Crippen molar-refractivity contribution < 1.29 is 28.5 Å². The molecule has 0 bridgehead atoms. The number of thiazole rings is 1. The Morgan fingerprint density at radius 3 is 2.65 bits per heavy atom. The molecule has 170 valence electrons. The van der Waals surface area contributed by atoms with Gasteiger partial charge in [0.05, 0.1) is 0 Å². The number of hydrogen-bond acceptors (Lipinski definition) is 12. The van der Waals surface area contributed by atoms with E-state index in [4.69, 9.17) is 30.4 Å². The molecule has 2 saturated heterocycles. The van der Waals surface area contributed by atoms with Crippen LogP contribution in [0.5, 0.6) is 0 Å². The van der Waals surface area contributed by atoms with Gasteiger partial charge in [-0.05, 0) is 5.92 Å². The molecule has 2 fully saturated rings. The first-order valence-electron chi connectivity index (χ1n) is 9.03. The van der Waals surface area contributed by atoms with E-state index in [9.17, 15) is 19.2 Å². The Kier molecular flexibility index (Phi) is 6.27. The minimum absolute atomic E-state index is 0. The van der Waals surface area contributed by atoms with Gasteiger partial charge in [0, 0.05) is 0 Å². The molecule has 0 radical (unpaired) electrons. The van der Waals surface area contributed by atoms with Gasteiger partial charge in [-0.15, -0.1) is 12.4 Å². The van der Waals surface area contributed by atoms with E-state index >= 15 is 0 Å². The van der Waals surface area contributed by atoms with Crippen molar-refractivity contribution in [3.05, 3.63) is 20.0 Å². The highest BCUT2D eigenvalue weighted by Gasteiger charge is 2.56. The van der Waals surface area contributed by atoms with Crippen LogP contribution >= 0.6 is 23.7 Å². The highest BCUT2D eigenvalue weighted by Crippen LogP contribution is 2.38. The molecule has 0 spiro atoms. The number of fused-ring (bicyclic) bond motifs is 2. The van der Waals surface area contributed by atoms with Gasteiger partial charge in [0.25, 0.3) is 5.56 Å². The normalized spacial score (nSPS) is 25.6. The number of carbonyl (C=O) groups excluding carboxylic acids is 2. The molecule has 0 amide bonds. The summed E-state index contributed by atoms with van der Waals surface area (Å²) in [6, 6.07) is -0.831. The summed E-state index contributed by atoms with van der Waals surface area (Å²) in [5.74, 6) is -0.972. The molecule has 4 heterocycles. The highest BCUT2D eigenvalue weighted by molar-refractivity contribution is 7.16. The van der Waals surface area contributed by atoms with E-state index in [1.165, 1.54) is 0 Å². The van der Waals surface area contributed by atoms with Gasteiger partial charge < -0.3 is 30.4 Å². The number of esters is 1. The summed E-state index contributed by atoms with van der Waals surface area (Å²) in [5.41, 5.74) is 10.8.